The molecule has 0 bridgehead atoms. The van der Waals surface area contributed by atoms with Crippen LogP contribution in [0, 0.1) is 5.92 Å². The molecule has 0 amide bonds. The van der Waals surface area contributed by atoms with E-state index in [9.17, 15) is 5.11 Å². The first-order chi connectivity index (χ1) is 6.65. The Morgan fingerprint density at radius 3 is 2.64 bits per heavy atom. The fourth-order valence-electron chi connectivity index (χ4n) is 1.96. The van der Waals surface area contributed by atoms with Gasteiger partial charge in [0.1, 0.15) is 0 Å². The van der Waals surface area contributed by atoms with Crippen molar-refractivity contribution in [3.05, 3.63) is 0 Å². The third-order valence-electron chi connectivity index (χ3n) is 3.40. The summed E-state index contributed by atoms with van der Waals surface area (Å²) < 4.78 is 5.23. The van der Waals surface area contributed by atoms with Gasteiger partial charge in [0.05, 0.1) is 12.2 Å². The second-order valence-electron chi connectivity index (χ2n) is 4.40. The van der Waals surface area contributed by atoms with Gasteiger partial charge in [0.2, 0.25) is 0 Å². The quantitative estimate of drug-likeness (QED) is 0.701. The summed E-state index contributed by atoms with van der Waals surface area (Å²) in [5, 5.41) is 13.0. The van der Waals surface area contributed by atoms with E-state index >= 15 is 0 Å². The highest BCUT2D eigenvalue weighted by Crippen LogP contribution is 2.24. The van der Waals surface area contributed by atoms with Crippen LogP contribution in [-0.4, -0.2) is 37.0 Å². The average molecular weight is 201 g/mol. The van der Waals surface area contributed by atoms with Crippen molar-refractivity contribution in [2.75, 3.05) is 13.7 Å². The maximum absolute atomic E-state index is 9.63. The summed E-state index contributed by atoms with van der Waals surface area (Å²) in [6.45, 7) is 5.09. The van der Waals surface area contributed by atoms with Crippen molar-refractivity contribution in [3.63, 3.8) is 0 Å². The summed E-state index contributed by atoms with van der Waals surface area (Å²) in [6, 6.07) is 0.354. The molecule has 0 saturated heterocycles. The summed E-state index contributed by atoms with van der Waals surface area (Å²) >= 11 is 0. The molecular formula is C11H23NO2. The summed E-state index contributed by atoms with van der Waals surface area (Å²) in [6.07, 6.45) is 3.44. The molecule has 2 N–H and O–H groups in total. The number of hydrogen-bond acceptors (Lipinski definition) is 3. The van der Waals surface area contributed by atoms with Crippen LogP contribution in [0.25, 0.3) is 0 Å². The van der Waals surface area contributed by atoms with Crippen molar-refractivity contribution >= 4 is 0 Å². The summed E-state index contributed by atoms with van der Waals surface area (Å²) in [7, 11) is 1.73. The van der Waals surface area contributed by atoms with E-state index in [1.165, 1.54) is 6.42 Å². The lowest BCUT2D eigenvalue weighted by atomic mass is 10.1. The molecule has 1 aliphatic rings. The van der Waals surface area contributed by atoms with Crippen LogP contribution in [0.1, 0.15) is 33.1 Å². The molecule has 14 heavy (non-hydrogen) atoms. The Hall–Kier alpha value is -0.120. The van der Waals surface area contributed by atoms with Gasteiger partial charge in [-0.3, -0.25) is 0 Å². The number of aliphatic hydroxyl groups is 1. The van der Waals surface area contributed by atoms with Crippen LogP contribution >= 0.6 is 0 Å². The summed E-state index contributed by atoms with van der Waals surface area (Å²) in [5.41, 5.74) is 0. The highest BCUT2D eigenvalue weighted by molar-refractivity contribution is 4.80. The molecule has 84 valence electrons. The lowest BCUT2D eigenvalue weighted by molar-refractivity contribution is 0.0804. The first-order valence-corrected chi connectivity index (χ1v) is 5.59. The molecule has 4 atom stereocenters. The van der Waals surface area contributed by atoms with Gasteiger partial charge in [-0.05, 0) is 32.6 Å². The van der Waals surface area contributed by atoms with E-state index in [1.54, 1.807) is 7.11 Å². The van der Waals surface area contributed by atoms with Gasteiger partial charge in [0, 0.05) is 19.7 Å². The van der Waals surface area contributed by atoms with Crippen molar-refractivity contribution in [3.8, 4) is 0 Å². The van der Waals surface area contributed by atoms with Crippen molar-refractivity contribution in [2.45, 2.75) is 51.4 Å². The number of aliphatic hydroxyl groups excluding tert-OH is 1. The van der Waals surface area contributed by atoms with Crippen molar-refractivity contribution in [1.29, 1.82) is 0 Å². The summed E-state index contributed by atoms with van der Waals surface area (Å²) in [5.74, 6) is 0.446. The van der Waals surface area contributed by atoms with Gasteiger partial charge < -0.3 is 15.2 Å². The van der Waals surface area contributed by atoms with Gasteiger partial charge >= 0.3 is 0 Å². The Morgan fingerprint density at radius 1 is 1.43 bits per heavy atom. The molecule has 1 fully saturated rings. The molecular weight excluding hydrogens is 178 g/mol. The standard InChI is InChI=1S/C11H23NO2/c1-8(9(2)14-3)12-7-10-5-4-6-11(10)13/h8-13H,4-7H2,1-3H3. The van der Waals surface area contributed by atoms with Crippen molar-refractivity contribution < 1.29 is 9.84 Å². The van der Waals surface area contributed by atoms with Crippen molar-refractivity contribution in [1.82, 2.24) is 5.32 Å². The van der Waals surface area contributed by atoms with Gasteiger partial charge in [-0.15, -0.1) is 0 Å². The predicted octanol–water partition coefficient (Wildman–Crippen LogP) is 1.16. The minimum Gasteiger partial charge on any atom is -0.393 e. The molecule has 1 rings (SSSR count). The monoisotopic (exact) mass is 201 g/mol. The Morgan fingerprint density at radius 2 is 2.14 bits per heavy atom. The zero-order valence-electron chi connectivity index (χ0n) is 9.49. The van der Waals surface area contributed by atoms with Crippen molar-refractivity contribution in [2.24, 2.45) is 5.92 Å². The molecule has 0 heterocycles. The normalized spacial score (nSPS) is 31.7. The zero-order chi connectivity index (χ0) is 10.6. The van der Waals surface area contributed by atoms with E-state index in [2.05, 4.69) is 19.2 Å². The van der Waals surface area contributed by atoms with E-state index in [0.29, 0.717) is 12.0 Å². The fourth-order valence-corrected chi connectivity index (χ4v) is 1.96. The number of hydrogen-bond donors (Lipinski definition) is 2. The Bertz CT molecular complexity index is 163. The van der Waals surface area contributed by atoms with E-state index in [4.69, 9.17) is 4.74 Å². The maximum Gasteiger partial charge on any atom is 0.0693 e. The molecule has 3 heteroatoms. The molecule has 1 aliphatic carbocycles. The molecule has 0 spiro atoms. The molecule has 3 nitrogen and oxygen atoms in total. The molecule has 1 saturated carbocycles. The predicted molar refractivity (Wildman–Crippen MR) is 57.3 cm³/mol. The highest BCUT2D eigenvalue weighted by atomic mass is 16.5. The van der Waals surface area contributed by atoms with E-state index < -0.39 is 0 Å². The van der Waals surface area contributed by atoms with Crippen LogP contribution in [0.4, 0.5) is 0 Å². The van der Waals surface area contributed by atoms with Crippen LogP contribution in [0.3, 0.4) is 0 Å². The maximum atomic E-state index is 9.63. The van der Waals surface area contributed by atoms with Gasteiger partial charge in [-0.25, -0.2) is 0 Å². The van der Waals surface area contributed by atoms with E-state index in [1.807, 2.05) is 0 Å². The largest absolute Gasteiger partial charge is 0.393 e. The third-order valence-corrected chi connectivity index (χ3v) is 3.40. The molecule has 4 unspecified atom stereocenters. The van der Waals surface area contributed by atoms with Gasteiger partial charge in [-0.2, -0.15) is 0 Å². The minimum absolute atomic E-state index is 0.0902. The summed E-state index contributed by atoms with van der Waals surface area (Å²) in [4.78, 5) is 0. The van der Waals surface area contributed by atoms with Crippen LogP contribution < -0.4 is 5.32 Å². The highest BCUT2D eigenvalue weighted by Gasteiger charge is 2.25. The zero-order valence-corrected chi connectivity index (χ0v) is 9.49. The van der Waals surface area contributed by atoms with Gasteiger partial charge in [0.25, 0.3) is 0 Å². The van der Waals surface area contributed by atoms with Crippen LogP contribution in [-0.2, 0) is 4.74 Å². The number of ether oxygens (including phenoxy) is 1. The Balaban J connectivity index is 2.19. The third kappa shape index (κ3) is 3.23. The van der Waals surface area contributed by atoms with Gasteiger partial charge in [-0.1, -0.05) is 6.42 Å². The minimum atomic E-state index is -0.0902. The smallest absolute Gasteiger partial charge is 0.0693 e. The van der Waals surface area contributed by atoms with Gasteiger partial charge in [0.15, 0.2) is 0 Å². The first-order valence-electron chi connectivity index (χ1n) is 5.59. The first kappa shape index (κ1) is 12.0. The molecule has 0 aromatic heterocycles. The SMILES string of the molecule is COC(C)C(C)NCC1CCCC1O. The van der Waals surface area contributed by atoms with Crippen LogP contribution in [0.2, 0.25) is 0 Å². The van der Waals surface area contributed by atoms with Crippen LogP contribution in [0.15, 0.2) is 0 Å². The van der Waals surface area contributed by atoms with Crippen LogP contribution in [0.5, 0.6) is 0 Å². The fraction of sp³-hybridized carbons (Fsp3) is 1.00. The molecule has 0 aromatic carbocycles. The number of rotatable bonds is 5. The topological polar surface area (TPSA) is 41.5 Å². The number of nitrogens with one attached hydrogen (secondary N) is 1. The second-order valence-corrected chi connectivity index (χ2v) is 4.40. The molecule has 0 aliphatic heterocycles. The van der Waals surface area contributed by atoms with E-state index in [0.717, 1.165) is 19.4 Å². The lowest BCUT2D eigenvalue weighted by Gasteiger charge is -2.23. The second kappa shape index (κ2) is 5.69. The van der Waals surface area contributed by atoms with E-state index in [-0.39, 0.29) is 12.2 Å². The molecule has 0 radical (unpaired) electrons. The Kier molecular flexibility index (Phi) is 4.85. The average Bonchev–Trinajstić information content (AvgIpc) is 2.59. The molecule has 0 aromatic rings. The number of methoxy groups -OCH3 is 1. The lowest BCUT2D eigenvalue weighted by Crippen LogP contribution is -2.40. The Labute approximate surface area is 86.8 Å².